The Bertz CT molecular complexity index is 492. The van der Waals surface area contributed by atoms with Crippen molar-refractivity contribution in [2.75, 3.05) is 22.7 Å². The summed E-state index contributed by atoms with van der Waals surface area (Å²) in [5, 5.41) is 3.13. The van der Waals surface area contributed by atoms with E-state index in [2.05, 4.69) is 38.3 Å². The third-order valence-corrected chi connectivity index (χ3v) is 2.56. The Hall–Kier alpha value is -2.38. The van der Waals surface area contributed by atoms with Gasteiger partial charge in [0.1, 0.15) is 11.6 Å². The van der Waals surface area contributed by atoms with Crippen LogP contribution >= 0.6 is 0 Å². The van der Waals surface area contributed by atoms with Gasteiger partial charge in [-0.15, -0.1) is 0 Å². The highest BCUT2D eigenvalue weighted by Crippen LogP contribution is 2.12. The molecule has 100 valence electrons. The minimum atomic E-state index is 0.472. The van der Waals surface area contributed by atoms with Crippen molar-refractivity contribution >= 4 is 17.6 Å². The molecule has 0 bridgehead atoms. The summed E-state index contributed by atoms with van der Waals surface area (Å²) in [4.78, 5) is 8.35. The molecule has 0 saturated carbocycles. The second kappa shape index (κ2) is 6.53. The number of anilines is 3. The number of nitrogens with zero attached hydrogens (tertiary/aromatic N) is 2. The lowest BCUT2D eigenvalue weighted by Crippen LogP contribution is -2.16. The fraction of sp³-hybridized carbons (Fsp3) is 0.167. The van der Waals surface area contributed by atoms with Crippen molar-refractivity contribution in [1.29, 1.82) is 0 Å². The molecule has 0 amide bonds. The maximum absolute atomic E-state index is 5.33. The Morgan fingerprint density at radius 3 is 2.16 bits per heavy atom. The summed E-state index contributed by atoms with van der Waals surface area (Å²) < 4.78 is 0. The summed E-state index contributed by atoms with van der Waals surface area (Å²) in [7, 11) is 0. The Kier molecular flexibility index (Phi) is 4.49. The summed E-state index contributed by atoms with van der Waals surface area (Å²) >= 11 is 0. The van der Waals surface area contributed by atoms with Crippen LogP contribution in [0.2, 0.25) is 0 Å². The Labute approximate surface area is 111 Å². The van der Waals surface area contributed by atoms with Gasteiger partial charge in [0.2, 0.25) is 5.95 Å². The number of nitrogens with one attached hydrogen (secondary N) is 3. The third-order valence-electron chi connectivity index (χ3n) is 2.56. The van der Waals surface area contributed by atoms with E-state index < -0.39 is 0 Å². The fourth-order valence-electron chi connectivity index (χ4n) is 1.64. The summed E-state index contributed by atoms with van der Waals surface area (Å²) in [6.45, 7) is 0.724. The van der Waals surface area contributed by atoms with Crippen LogP contribution in [0.5, 0.6) is 0 Å². The van der Waals surface area contributed by atoms with Gasteiger partial charge in [-0.05, 0) is 12.0 Å². The normalized spacial score (nSPS) is 10.0. The summed E-state index contributed by atoms with van der Waals surface area (Å²) in [6, 6.07) is 11.8. The molecule has 0 saturated heterocycles. The van der Waals surface area contributed by atoms with E-state index in [1.54, 1.807) is 6.07 Å². The first kappa shape index (κ1) is 13.1. The number of rotatable bonds is 6. The second-order valence-electron chi connectivity index (χ2n) is 3.91. The first-order valence-electron chi connectivity index (χ1n) is 5.92. The quantitative estimate of drug-likeness (QED) is 0.383. The van der Waals surface area contributed by atoms with Crippen molar-refractivity contribution in [3.63, 3.8) is 0 Å². The monoisotopic (exact) mass is 259 g/mol. The van der Waals surface area contributed by atoms with E-state index in [0.717, 1.165) is 13.0 Å². The Morgan fingerprint density at radius 1 is 0.947 bits per heavy atom. The standard InChI is InChI=1S/C12H17N7/c13-18-10-8-11(19-14)17-12(16-10)15-7-6-9-4-2-1-3-5-9/h1-5,8H,6-7,13-14H2,(H3,15,16,17,18,19). The molecule has 0 unspecified atom stereocenters. The SMILES string of the molecule is NNc1cc(NN)nc(NCCc2ccccc2)n1. The van der Waals surface area contributed by atoms with E-state index in [1.807, 2.05) is 18.2 Å². The number of hydrogen-bond donors (Lipinski definition) is 5. The minimum Gasteiger partial charge on any atom is -0.354 e. The zero-order valence-corrected chi connectivity index (χ0v) is 10.4. The molecule has 0 aliphatic carbocycles. The molecule has 19 heavy (non-hydrogen) atoms. The maximum atomic E-state index is 5.33. The molecule has 0 fully saturated rings. The fourth-order valence-corrected chi connectivity index (χ4v) is 1.64. The van der Waals surface area contributed by atoms with E-state index in [-0.39, 0.29) is 0 Å². The number of hydrazine groups is 2. The highest BCUT2D eigenvalue weighted by Gasteiger charge is 2.02. The van der Waals surface area contributed by atoms with Gasteiger partial charge in [0.15, 0.2) is 0 Å². The van der Waals surface area contributed by atoms with Gasteiger partial charge in [0, 0.05) is 12.6 Å². The third kappa shape index (κ3) is 3.80. The van der Waals surface area contributed by atoms with Gasteiger partial charge in [-0.25, -0.2) is 11.7 Å². The van der Waals surface area contributed by atoms with Gasteiger partial charge in [-0.2, -0.15) is 9.97 Å². The molecule has 0 atom stereocenters. The molecule has 1 aromatic carbocycles. The van der Waals surface area contributed by atoms with E-state index in [4.69, 9.17) is 11.7 Å². The van der Waals surface area contributed by atoms with Crippen LogP contribution in [0.15, 0.2) is 36.4 Å². The Morgan fingerprint density at radius 2 is 1.58 bits per heavy atom. The smallest absolute Gasteiger partial charge is 0.226 e. The molecule has 0 aliphatic rings. The lowest BCUT2D eigenvalue weighted by Gasteiger charge is -2.09. The van der Waals surface area contributed by atoms with Crippen LogP contribution in [-0.2, 0) is 6.42 Å². The average Bonchev–Trinajstić information content (AvgIpc) is 2.48. The molecule has 0 radical (unpaired) electrons. The van der Waals surface area contributed by atoms with Crippen LogP contribution < -0.4 is 27.9 Å². The van der Waals surface area contributed by atoms with Crippen molar-refractivity contribution < 1.29 is 0 Å². The molecule has 2 rings (SSSR count). The van der Waals surface area contributed by atoms with Crippen molar-refractivity contribution in [2.45, 2.75) is 6.42 Å². The number of aromatic nitrogens is 2. The lowest BCUT2D eigenvalue weighted by molar-refractivity contribution is 0.981. The molecule has 0 spiro atoms. The predicted octanol–water partition coefficient (Wildman–Crippen LogP) is 0.702. The van der Waals surface area contributed by atoms with E-state index in [9.17, 15) is 0 Å². The van der Waals surface area contributed by atoms with Gasteiger partial charge in [-0.3, -0.25) is 0 Å². The largest absolute Gasteiger partial charge is 0.354 e. The summed E-state index contributed by atoms with van der Waals surface area (Å²) in [6.07, 6.45) is 0.885. The molecule has 2 aromatic rings. The van der Waals surface area contributed by atoms with Crippen LogP contribution in [0.25, 0.3) is 0 Å². The van der Waals surface area contributed by atoms with Crippen LogP contribution in [0.3, 0.4) is 0 Å². The Balaban J connectivity index is 1.95. The molecule has 7 N–H and O–H groups in total. The lowest BCUT2D eigenvalue weighted by atomic mass is 10.1. The first-order valence-corrected chi connectivity index (χ1v) is 5.92. The maximum Gasteiger partial charge on any atom is 0.226 e. The van der Waals surface area contributed by atoms with Crippen LogP contribution in [0.4, 0.5) is 17.6 Å². The molecular formula is C12H17N7. The van der Waals surface area contributed by atoms with E-state index in [1.165, 1.54) is 5.56 Å². The first-order chi connectivity index (χ1) is 9.31. The average molecular weight is 259 g/mol. The van der Waals surface area contributed by atoms with Gasteiger partial charge < -0.3 is 16.2 Å². The van der Waals surface area contributed by atoms with Crippen LogP contribution in [0, 0.1) is 0 Å². The molecular weight excluding hydrogens is 242 g/mol. The molecule has 7 nitrogen and oxygen atoms in total. The number of nitrogen functional groups attached to an aromatic ring is 2. The van der Waals surface area contributed by atoms with Crippen molar-refractivity contribution in [3.05, 3.63) is 42.0 Å². The van der Waals surface area contributed by atoms with Gasteiger partial charge >= 0.3 is 0 Å². The summed E-state index contributed by atoms with van der Waals surface area (Å²) in [5.74, 6) is 12.1. The van der Waals surface area contributed by atoms with Crippen LogP contribution in [0.1, 0.15) is 5.56 Å². The second-order valence-corrected chi connectivity index (χ2v) is 3.91. The minimum absolute atomic E-state index is 0.472. The molecule has 1 heterocycles. The summed E-state index contributed by atoms with van der Waals surface area (Å²) in [5.41, 5.74) is 6.18. The van der Waals surface area contributed by atoms with Crippen molar-refractivity contribution in [1.82, 2.24) is 9.97 Å². The molecule has 1 aromatic heterocycles. The van der Waals surface area contributed by atoms with Crippen LogP contribution in [-0.4, -0.2) is 16.5 Å². The zero-order chi connectivity index (χ0) is 13.5. The highest BCUT2D eigenvalue weighted by molar-refractivity contribution is 5.50. The topological polar surface area (TPSA) is 114 Å². The predicted molar refractivity (Wildman–Crippen MR) is 76.3 cm³/mol. The van der Waals surface area contributed by atoms with E-state index in [0.29, 0.717) is 17.6 Å². The van der Waals surface area contributed by atoms with Gasteiger partial charge in [-0.1, -0.05) is 30.3 Å². The number of nitrogens with two attached hydrogens (primary N) is 2. The zero-order valence-electron chi connectivity index (χ0n) is 10.4. The van der Waals surface area contributed by atoms with Crippen molar-refractivity contribution in [2.24, 2.45) is 11.7 Å². The van der Waals surface area contributed by atoms with Crippen molar-refractivity contribution in [3.8, 4) is 0 Å². The van der Waals surface area contributed by atoms with Gasteiger partial charge in [0.05, 0.1) is 0 Å². The molecule has 7 heteroatoms. The molecule has 0 aliphatic heterocycles. The van der Waals surface area contributed by atoms with E-state index >= 15 is 0 Å². The number of benzene rings is 1. The van der Waals surface area contributed by atoms with Gasteiger partial charge in [0.25, 0.3) is 0 Å². The number of hydrogen-bond acceptors (Lipinski definition) is 7. The highest BCUT2D eigenvalue weighted by atomic mass is 15.3.